The van der Waals surface area contributed by atoms with E-state index >= 15 is 0 Å². The van der Waals surface area contributed by atoms with Gasteiger partial charge in [0, 0.05) is 12.8 Å². The summed E-state index contributed by atoms with van der Waals surface area (Å²) in [7, 11) is 0. The molecule has 0 saturated heterocycles. The first-order valence-electron chi connectivity index (χ1n) is 10.2. The van der Waals surface area contributed by atoms with E-state index in [0.717, 1.165) is 44.9 Å². The number of aliphatic hydroxyl groups is 1. The van der Waals surface area contributed by atoms with E-state index in [0.29, 0.717) is 25.9 Å². The third-order valence-electron chi connectivity index (χ3n) is 3.55. The first-order valence-corrected chi connectivity index (χ1v) is 10.2. The van der Waals surface area contributed by atoms with E-state index in [-0.39, 0.29) is 5.97 Å². The molecule has 0 bridgehead atoms. The van der Waals surface area contributed by atoms with E-state index in [1.165, 1.54) is 0 Å². The zero-order valence-electron chi connectivity index (χ0n) is 17.3. The molecule has 1 N–H and O–H groups in total. The molecule has 1 unspecified atom stereocenters. The molecule has 0 aliphatic heterocycles. The number of ether oxygens (including phenoxy) is 1. The number of hydrogen-bond donors (Lipinski definition) is 1. The maximum atomic E-state index is 11.1. The van der Waals surface area contributed by atoms with Gasteiger partial charge in [0.15, 0.2) is 0 Å². The van der Waals surface area contributed by atoms with Crippen LogP contribution in [0.3, 0.4) is 0 Å². The van der Waals surface area contributed by atoms with Crippen molar-refractivity contribution in [1.29, 1.82) is 0 Å². The molecule has 0 heterocycles. The highest BCUT2D eigenvalue weighted by Crippen LogP contribution is 2.07. The minimum absolute atomic E-state index is 0.219. The van der Waals surface area contributed by atoms with Crippen LogP contribution >= 0.6 is 0 Å². The summed E-state index contributed by atoms with van der Waals surface area (Å²) in [5, 5.41) is 9.73. The van der Waals surface area contributed by atoms with Gasteiger partial charge in [0.25, 0.3) is 0 Å². The highest BCUT2D eigenvalue weighted by atomic mass is 16.5. The van der Waals surface area contributed by atoms with Crippen LogP contribution in [0, 0.1) is 47.4 Å². The second kappa shape index (κ2) is 20.7. The fourth-order valence-corrected chi connectivity index (χ4v) is 2.10. The molecule has 3 nitrogen and oxygen atoms in total. The van der Waals surface area contributed by atoms with Crippen LogP contribution in [0.5, 0.6) is 0 Å². The summed E-state index contributed by atoms with van der Waals surface area (Å²) in [5.74, 6) is 22.1. The number of hydrogen-bond acceptors (Lipinski definition) is 3. The average Bonchev–Trinajstić information content (AvgIpc) is 2.68. The van der Waals surface area contributed by atoms with Crippen LogP contribution < -0.4 is 0 Å². The van der Waals surface area contributed by atoms with Crippen LogP contribution in [0.15, 0.2) is 12.2 Å². The second-order valence-corrected chi connectivity index (χ2v) is 6.11. The van der Waals surface area contributed by atoms with E-state index in [1.54, 1.807) is 6.92 Å². The van der Waals surface area contributed by atoms with Crippen LogP contribution in [-0.4, -0.2) is 23.8 Å². The molecule has 0 radical (unpaired) electrons. The Labute approximate surface area is 171 Å². The van der Waals surface area contributed by atoms with Gasteiger partial charge in [-0.3, -0.25) is 4.79 Å². The highest BCUT2D eigenvalue weighted by Gasteiger charge is 1.98. The van der Waals surface area contributed by atoms with Gasteiger partial charge >= 0.3 is 5.97 Å². The number of rotatable bonds is 11. The van der Waals surface area contributed by atoms with E-state index in [2.05, 4.69) is 54.3 Å². The molecule has 0 amide bonds. The van der Waals surface area contributed by atoms with Crippen molar-refractivity contribution in [3.8, 4) is 47.4 Å². The van der Waals surface area contributed by atoms with Crippen molar-refractivity contribution in [2.24, 2.45) is 0 Å². The molecule has 0 spiro atoms. The first-order chi connectivity index (χ1) is 13.7. The number of aliphatic hydroxyl groups excluding tert-OH is 1. The molecule has 28 heavy (non-hydrogen) atoms. The number of carbonyl (C=O) groups is 1. The Morgan fingerprint density at radius 1 is 1.00 bits per heavy atom. The standard InChI is InChI=1S/C25H32O3/c1-3-5-6-15-18-21-24(26)22-19-16-13-11-9-7-8-10-12-14-17-20-23-25(27)28-4-2/h7-8,24,26H,3-5,9,11,13,16,19-20,22-23H2,1-2H3. The Kier molecular flexibility index (Phi) is 18.8. The van der Waals surface area contributed by atoms with E-state index in [9.17, 15) is 9.90 Å². The number of unbranched alkanes of at least 4 members (excludes halogenated alkanes) is 5. The van der Waals surface area contributed by atoms with Crippen LogP contribution in [0.1, 0.15) is 78.1 Å². The predicted molar refractivity (Wildman–Crippen MR) is 115 cm³/mol. The summed E-state index contributed by atoms with van der Waals surface area (Å²) in [4.78, 5) is 11.1. The van der Waals surface area contributed by atoms with Crippen molar-refractivity contribution in [2.45, 2.75) is 84.2 Å². The smallest absolute Gasteiger partial charge is 0.306 e. The molecule has 3 heteroatoms. The lowest BCUT2D eigenvalue weighted by Crippen LogP contribution is -2.02. The van der Waals surface area contributed by atoms with Gasteiger partial charge in [-0.05, 0) is 68.8 Å². The molecule has 0 saturated carbocycles. The molecule has 0 fully saturated rings. The molecule has 1 atom stereocenters. The van der Waals surface area contributed by atoms with Gasteiger partial charge in [0.1, 0.15) is 6.10 Å². The fraction of sp³-hybridized carbons (Fsp3) is 0.560. The largest absolute Gasteiger partial charge is 0.466 e. The van der Waals surface area contributed by atoms with Crippen molar-refractivity contribution in [3.05, 3.63) is 12.2 Å². The molecule has 0 aliphatic carbocycles. The van der Waals surface area contributed by atoms with Crippen molar-refractivity contribution < 1.29 is 14.6 Å². The molecule has 0 aromatic carbocycles. The van der Waals surface area contributed by atoms with Gasteiger partial charge in [-0.15, -0.1) is 0 Å². The highest BCUT2D eigenvalue weighted by molar-refractivity contribution is 5.69. The Morgan fingerprint density at radius 2 is 1.75 bits per heavy atom. The van der Waals surface area contributed by atoms with E-state index < -0.39 is 6.10 Å². The van der Waals surface area contributed by atoms with E-state index in [1.807, 2.05) is 12.2 Å². The van der Waals surface area contributed by atoms with Crippen LogP contribution in [-0.2, 0) is 9.53 Å². The molecular formula is C25H32O3. The zero-order valence-corrected chi connectivity index (χ0v) is 17.3. The lowest BCUT2D eigenvalue weighted by molar-refractivity contribution is -0.142. The van der Waals surface area contributed by atoms with E-state index in [4.69, 9.17) is 4.74 Å². The Hall–Kier alpha value is -2.59. The van der Waals surface area contributed by atoms with Gasteiger partial charge in [-0.1, -0.05) is 49.5 Å². The minimum atomic E-state index is -0.565. The third kappa shape index (κ3) is 19.7. The molecule has 0 aliphatic rings. The molecular weight excluding hydrogens is 348 g/mol. The molecule has 0 aromatic rings. The van der Waals surface area contributed by atoms with Crippen molar-refractivity contribution >= 4 is 5.97 Å². The Morgan fingerprint density at radius 3 is 2.54 bits per heavy atom. The Balaban J connectivity index is 3.64. The van der Waals surface area contributed by atoms with Gasteiger partial charge in [0.2, 0.25) is 0 Å². The van der Waals surface area contributed by atoms with Gasteiger partial charge in [0.05, 0.1) is 13.0 Å². The third-order valence-corrected chi connectivity index (χ3v) is 3.55. The average molecular weight is 381 g/mol. The summed E-state index contributed by atoms with van der Waals surface area (Å²) >= 11 is 0. The molecule has 150 valence electrons. The maximum absolute atomic E-state index is 11.1. The topological polar surface area (TPSA) is 46.5 Å². The SMILES string of the molecule is CCCC#CC#CC(O)CCCCCCC=CC#CC#CCCC(=O)OCC. The summed E-state index contributed by atoms with van der Waals surface area (Å²) < 4.78 is 4.81. The van der Waals surface area contributed by atoms with Crippen LogP contribution in [0.25, 0.3) is 0 Å². The molecule has 0 aromatic heterocycles. The van der Waals surface area contributed by atoms with Crippen molar-refractivity contribution in [1.82, 2.24) is 0 Å². The number of carbonyl (C=O) groups excluding carboxylic acids is 1. The second-order valence-electron chi connectivity index (χ2n) is 6.11. The quantitative estimate of drug-likeness (QED) is 0.328. The summed E-state index contributed by atoms with van der Waals surface area (Å²) in [5.41, 5.74) is 0. The fourth-order valence-electron chi connectivity index (χ4n) is 2.10. The molecule has 0 rings (SSSR count). The van der Waals surface area contributed by atoms with Crippen LogP contribution in [0.2, 0.25) is 0 Å². The number of esters is 1. The van der Waals surface area contributed by atoms with Crippen LogP contribution in [0.4, 0.5) is 0 Å². The summed E-state index contributed by atoms with van der Waals surface area (Å²) in [6.45, 7) is 4.27. The lowest BCUT2D eigenvalue weighted by atomic mass is 10.1. The summed E-state index contributed by atoms with van der Waals surface area (Å²) in [6.07, 6.45) is 12.0. The minimum Gasteiger partial charge on any atom is -0.466 e. The van der Waals surface area contributed by atoms with Gasteiger partial charge in [-0.2, -0.15) is 0 Å². The summed E-state index contributed by atoms with van der Waals surface area (Å²) in [6, 6.07) is 0. The van der Waals surface area contributed by atoms with Gasteiger partial charge < -0.3 is 9.84 Å². The first kappa shape index (κ1) is 25.4. The van der Waals surface area contributed by atoms with Crippen molar-refractivity contribution in [2.75, 3.05) is 6.61 Å². The maximum Gasteiger partial charge on any atom is 0.306 e. The predicted octanol–water partition coefficient (Wildman–Crippen LogP) is 4.40. The lowest BCUT2D eigenvalue weighted by Gasteiger charge is -2.02. The van der Waals surface area contributed by atoms with Crippen molar-refractivity contribution in [3.63, 3.8) is 0 Å². The number of allylic oxidation sites excluding steroid dienone is 2. The normalized spacial score (nSPS) is 10.2. The Bertz CT molecular complexity index is 687. The monoisotopic (exact) mass is 380 g/mol. The van der Waals surface area contributed by atoms with Gasteiger partial charge in [-0.25, -0.2) is 0 Å². The zero-order chi connectivity index (χ0) is 20.7.